The zero-order valence-corrected chi connectivity index (χ0v) is 20.2. The number of piperidine rings is 1. The molecule has 0 aliphatic carbocycles. The number of aliphatic imine (C=N–C) groups is 1. The lowest BCUT2D eigenvalue weighted by molar-refractivity contribution is 0.241. The molecular formula is C22H27Cl2FN4O2S. The summed E-state index contributed by atoms with van der Waals surface area (Å²) in [6.45, 7) is 4.50. The van der Waals surface area contributed by atoms with Crippen LogP contribution in [-0.2, 0) is 16.6 Å². The molecule has 0 bridgehead atoms. The monoisotopic (exact) mass is 500 g/mol. The Morgan fingerprint density at radius 2 is 1.94 bits per heavy atom. The lowest BCUT2D eigenvalue weighted by Crippen LogP contribution is -2.64. The first-order valence-corrected chi connectivity index (χ1v) is 12.2. The van der Waals surface area contributed by atoms with Crippen molar-refractivity contribution in [2.45, 2.75) is 36.7 Å². The molecule has 10 heteroatoms. The number of amidine groups is 1. The molecule has 0 radical (unpaired) electrons. The Morgan fingerprint density at radius 3 is 2.62 bits per heavy atom. The third-order valence-corrected chi connectivity index (χ3v) is 8.38. The van der Waals surface area contributed by atoms with Gasteiger partial charge in [-0.25, -0.2) is 12.8 Å². The fourth-order valence-corrected chi connectivity index (χ4v) is 6.14. The summed E-state index contributed by atoms with van der Waals surface area (Å²) < 4.78 is 41.3. The molecular weight excluding hydrogens is 474 g/mol. The SMILES string of the molecule is Cc1ccccc1S(=O)(=O)N1CCC2(CC1)NCCN=C2NCc1ccc(F)c(Cl)c1.Cl. The van der Waals surface area contributed by atoms with Crippen molar-refractivity contribution >= 4 is 39.9 Å². The highest BCUT2D eigenvalue weighted by atomic mass is 35.5. The number of nitrogens with one attached hydrogen (secondary N) is 2. The molecule has 2 aliphatic rings. The predicted molar refractivity (Wildman–Crippen MR) is 128 cm³/mol. The molecule has 2 heterocycles. The molecule has 4 rings (SSSR count). The van der Waals surface area contributed by atoms with Crippen molar-refractivity contribution in [3.05, 3.63) is 64.4 Å². The van der Waals surface area contributed by atoms with Gasteiger partial charge in [0.2, 0.25) is 10.0 Å². The molecule has 0 saturated carbocycles. The topological polar surface area (TPSA) is 73.8 Å². The van der Waals surface area contributed by atoms with Crippen LogP contribution in [0.3, 0.4) is 0 Å². The van der Waals surface area contributed by atoms with Crippen molar-refractivity contribution in [1.82, 2.24) is 14.9 Å². The third-order valence-electron chi connectivity index (χ3n) is 6.03. The normalized spacial score (nSPS) is 18.7. The number of hydrogen-bond donors (Lipinski definition) is 2. The Morgan fingerprint density at radius 1 is 1.22 bits per heavy atom. The standard InChI is InChI=1S/C22H26ClFN4O2S.ClH/c1-16-4-2-3-5-20(16)31(29,30)28-12-8-22(9-13-28)21(25-10-11-27-22)26-15-17-6-7-19(24)18(23)14-17;/h2-7,14,27H,8-13,15H2,1H3,(H,25,26);1H. The van der Waals surface area contributed by atoms with Crippen molar-refractivity contribution < 1.29 is 12.8 Å². The minimum atomic E-state index is -3.53. The summed E-state index contributed by atoms with van der Waals surface area (Å²) in [5.41, 5.74) is 1.22. The van der Waals surface area contributed by atoms with E-state index in [-0.39, 0.29) is 23.0 Å². The van der Waals surface area contributed by atoms with Gasteiger partial charge in [0.05, 0.1) is 22.0 Å². The quantitative estimate of drug-likeness (QED) is 0.673. The van der Waals surface area contributed by atoms with E-state index >= 15 is 0 Å². The summed E-state index contributed by atoms with van der Waals surface area (Å²) in [6.07, 6.45) is 1.24. The maximum atomic E-state index is 13.4. The van der Waals surface area contributed by atoms with Gasteiger partial charge in [0, 0.05) is 26.2 Å². The second kappa shape index (κ2) is 10.1. The molecule has 32 heavy (non-hydrogen) atoms. The molecule has 6 nitrogen and oxygen atoms in total. The fourth-order valence-electron chi connectivity index (χ4n) is 4.27. The molecule has 2 aromatic rings. The highest BCUT2D eigenvalue weighted by Gasteiger charge is 2.43. The third kappa shape index (κ3) is 4.94. The van der Waals surface area contributed by atoms with Gasteiger partial charge in [-0.05, 0) is 49.1 Å². The van der Waals surface area contributed by atoms with E-state index in [1.165, 1.54) is 6.07 Å². The Kier molecular flexibility index (Phi) is 7.83. The Balaban J connectivity index is 0.00000289. The molecule has 0 amide bonds. The van der Waals surface area contributed by atoms with E-state index < -0.39 is 15.8 Å². The molecule has 0 unspecified atom stereocenters. The number of rotatable bonds is 4. The molecule has 174 valence electrons. The minimum Gasteiger partial charge on any atom is -0.368 e. The van der Waals surface area contributed by atoms with Crippen molar-refractivity contribution in [3.63, 3.8) is 0 Å². The zero-order valence-electron chi connectivity index (χ0n) is 17.8. The maximum absolute atomic E-state index is 13.4. The average molecular weight is 501 g/mol. The van der Waals surface area contributed by atoms with Gasteiger partial charge in [-0.15, -0.1) is 12.4 Å². The smallest absolute Gasteiger partial charge is 0.243 e. The van der Waals surface area contributed by atoms with Crippen LogP contribution in [0.4, 0.5) is 4.39 Å². The van der Waals surface area contributed by atoms with Gasteiger partial charge in [0.25, 0.3) is 0 Å². The molecule has 0 atom stereocenters. The van der Waals surface area contributed by atoms with Gasteiger partial charge in [0.15, 0.2) is 0 Å². The molecule has 1 saturated heterocycles. The molecule has 2 N–H and O–H groups in total. The highest BCUT2D eigenvalue weighted by molar-refractivity contribution is 7.89. The van der Waals surface area contributed by atoms with Crippen LogP contribution in [0.5, 0.6) is 0 Å². The summed E-state index contributed by atoms with van der Waals surface area (Å²) in [5.74, 6) is 0.382. The summed E-state index contributed by atoms with van der Waals surface area (Å²) in [5, 5.41) is 7.03. The number of nitrogens with zero attached hydrogens (tertiary/aromatic N) is 2. The molecule has 1 fully saturated rings. The first kappa shape index (κ1) is 24.9. The lowest BCUT2D eigenvalue weighted by atomic mass is 9.85. The van der Waals surface area contributed by atoms with Crippen LogP contribution in [0.2, 0.25) is 5.02 Å². The largest absolute Gasteiger partial charge is 0.368 e. The van der Waals surface area contributed by atoms with Gasteiger partial charge in [-0.1, -0.05) is 35.9 Å². The number of aryl methyl sites for hydroxylation is 1. The van der Waals surface area contributed by atoms with Crippen LogP contribution >= 0.6 is 24.0 Å². The Labute approximate surface area is 199 Å². The van der Waals surface area contributed by atoms with Crippen LogP contribution in [0.25, 0.3) is 0 Å². The van der Waals surface area contributed by atoms with E-state index in [9.17, 15) is 12.8 Å². The van der Waals surface area contributed by atoms with Gasteiger partial charge in [-0.2, -0.15) is 4.31 Å². The number of benzene rings is 2. The van der Waals surface area contributed by atoms with Crippen molar-refractivity contribution in [3.8, 4) is 0 Å². The maximum Gasteiger partial charge on any atom is 0.243 e. The first-order chi connectivity index (χ1) is 14.8. The fraction of sp³-hybridized carbons (Fsp3) is 0.409. The predicted octanol–water partition coefficient (Wildman–Crippen LogP) is 3.52. The number of hydrogen-bond acceptors (Lipinski definition) is 5. The van der Waals surface area contributed by atoms with E-state index in [1.54, 1.807) is 28.6 Å². The summed E-state index contributed by atoms with van der Waals surface area (Å²) in [6, 6.07) is 11.7. The molecule has 1 spiro atoms. The van der Waals surface area contributed by atoms with E-state index in [1.807, 2.05) is 19.1 Å². The second-order valence-electron chi connectivity index (χ2n) is 8.01. The average Bonchev–Trinajstić information content (AvgIpc) is 2.76. The van der Waals surface area contributed by atoms with Gasteiger partial charge in [0.1, 0.15) is 11.7 Å². The van der Waals surface area contributed by atoms with E-state index in [0.717, 1.165) is 23.5 Å². The Bertz CT molecular complexity index is 1100. The van der Waals surface area contributed by atoms with E-state index in [0.29, 0.717) is 43.9 Å². The van der Waals surface area contributed by atoms with Gasteiger partial charge < -0.3 is 10.6 Å². The van der Waals surface area contributed by atoms with Crippen LogP contribution in [0, 0.1) is 12.7 Å². The van der Waals surface area contributed by atoms with E-state index in [2.05, 4.69) is 15.6 Å². The summed E-state index contributed by atoms with van der Waals surface area (Å²) in [7, 11) is -3.53. The van der Waals surface area contributed by atoms with Gasteiger partial charge in [-0.3, -0.25) is 4.99 Å². The van der Waals surface area contributed by atoms with Crippen LogP contribution in [0.1, 0.15) is 24.0 Å². The van der Waals surface area contributed by atoms with Crippen molar-refractivity contribution in [2.24, 2.45) is 4.99 Å². The van der Waals surface area contributed by atoms with Crippen LogP contribution < -0.4 is 10.6 Å². The molecule has 0 aromatic heterocycles. The first-order valence-electron chi connectivity index (χ1n) is 10.4. The number of sulfonamides is 1. The Hall–Kier alpha value is -1.71. The minimum absolute atomic E-state index is 0. The zero-order chi connectivity index (χ0) is 22.1. The van der Waals surface area contributed by atoms with Crippen molar-refractivity contribution in [1.29, 1.82) is 0 Å². The van der Waals surface area contributed by atoms with Crippen LogP contribution in [0.15, 0.2) is 52.4 Å². The van der Waals surface area contributed by atoms with Gasteiger partial charge >= 0.3 is 0 Å². The van der Waals surface area contributed by atoms with Crippen molar-refractivity contribution in [2.75, 3.05) is 26.2 Å². The lowest BCUT2D eigenvalue weighted by Gasteiger charge is -2.44. The van der Waals surface area contributed by atoms with Crippen LogP contribution in [-0.4, -0.2) is 50.3 Å². The molecule has 2 aliphatic heterocycles. The summed E-state index contributed by atoms with van der Waals surface area (Å²) in [4.78, 5) is 5.05. The second-order valence-corrected chi connectivity index (χ2v) is 10.3. The van der Waals surface area contributed by atoms with E-state index in [4.69, 9.17) is 11.6 Å². The highest BCUT2D eigenvalue weighted by Crippen LogP contribution is 2.30. The number of halogens is 3. The summed E-state index contributed by atoms with van der Waals surface area (Å²) >= 11 is 5.89. The molecule has 2 aromatic carbocycles.